The first-order valence-corrected chi connectivity index (χ1v) is 6.13. The highest BCUT2D eigenvalue weighted by atomic mass is 16.3. The lowest BCUT2D eigenvalue weighted by atomic mass is 10.1. The third kappa shape index (κ3) is 3.26. The van der Waals surface area contributed by atoms with Crippen molar-refractivity contribution in [3.8, 4) is 0 Å². The summed E-state index contributed by atoms with van der Waals surface area (Å²) in [5.74, 6) is 1.13. The molecule has 2 heterocycles. The van der Waals surface area contributed by atoms with Gasteiger partial charge in [0.05, 0.1) is 24.2 Å². The fraction of sp³-hybridized carbons (Fsp3) is 0.357. The van der Waals surface area contributed by atoms with E-state index in [1.54, 1.807) is 26.0 Å². The smallest absolute Gasteiger partial charge is 0.254 e. The molecular weight excluding hydrogens is 246 g/mol. The first kappa shape index (κ1) is 13.4. The van der Waals surface area contributed by atoms with Gasteiger partial charge < -0.3 is 19.3 Å². The Kier molecular flexibility index (Phi) is 4.06. The van der Waals surface area contributed by atoms with Gasteiger partial charge in [0.25, 0.3) is 5.91 Å². The molecule has 2 rings (SSSR count). The number of nitrogens with one attached hydrogen (secondary N) is 1. The lowest BCUT2D eigenvalue weighted by molar-refractivity contribution is 0.0941. The second-order valence-electron chi connectivity index (χ2n) is 4.44. The molecule has 0 spiro atoms. The summed E-state index contributed by atoms with van der Waals surface area (Å²) in [5.41, 5.74) is 1.25. The van der Waals surface area contributed by atoms with E-state index in [4.69, 9.17) is 8.83 Å². The number of furan rings is 2. The van der Waals surface area contributed by atoms with Gasteiger partial charge in [-0.3, -0.25) is 4.79 Å². The van der Waals surface area contributed by atoms with Crippen molar-refractivity contribution in [2.24, 2.45) is 0 Å². The van der Waals surface area contributed by atoms with Crippen molar-refractivity contribution in [3.63, 3.8) is 0 Å². The molecule has 1 atom stereocenters. The molecule has 1 unspecified atom stereocenters. The van der Waals surface area contributed by atoms with Gasteiger partial charge >= 0.3 is 0 Å². The Morgan fingerprint density at radius 3 is 2.84 bits per heavy atom. The Morgan fingerprint density at radius 2 is 2.26 bits per heavy atom. The number of aryl methyl sites for hydroxylation is 2. The average molecular weight is 263 g/mol. The average Bonchev–Trinajstić information content (AvgIpc) is 2.98. The SMILES string of the molecule is Cc1cc(C(=O)NCCC(O)c2ccoc2)c(C)o1. The van der Waals surface area contributed by atoms with E-state index >= 15 is 0 Å². The van der Waals surface area contributed by atoms with Gasteiger partial charge in [-0.1, -0.05) is 0 Å². The molecule has 0 aliphatic heterocycles. The summed E-state index contributed by atoms with van der Waals surface area (Å²) >= 11 is 0. The molecule has 5 nitrogen and oxygen atoms in total. The third-order valence-corrected chi connectivity index (χ3v) is 2.92. The molecule has 19 heavy (non-hydrogen) atoms. The Balaban J connectivity index is 1.83. The zero-order chi connectivity index (χ0) is 13.8. The van der Waals surface area contributed by atoms with Crippen LogP contribution in [0.15, 0.2) is 33.5 Å². The Labute approximate surface area is 111 Å². The number of amides is 1. The Hall–Kier alpha value is -2.01. The minimum absolute atomic E-state index is 0.186. The molecule has 5 heteroatoms. The lowest BCUT2D eigenvalue weighted by Gasteiger charge is -2.09. The van der Waals surface area contributed by atoms with Crippen LogP contribution in [0.25, 0.3) is 0 Å². The Bertz CT molecular complexity index is 542. The van der Waals surface area contributed by atoms with Crippen molar-refractivity contribution < 1.29 is 18.7 Å². The topological polar surface area (TPSA) is 75.6 Å². The van der Waals surface area contributed by atoms with Crippen LogP contribution >= 0.6 is 0 Å². The molecule has 0 aromatic carbocycles. The van der Waals surface area contributed by atoms with Crippen molar-refractivity contribution in [1.82, 2.24) is 5.32 Å². The minimum Gasteiger partial charge on any atom is -0.472 e. The van der Waals surface area contributed by atoms with E-state index in [0.29, 0.717) is 35.6 Å². The van der Waals surface area contributed by atoms with Crippen LogP contribution in [0.2, 0.25) is 0 Å². The van der Waals surface area contributed by atoms with E-state index < -0.39 is 6.10 Å². The summed E-state index contributed by atoms with van der Waals surface area (Å²) in [6.07, 6.45) is 2.80. The highest BCUT2D eigenvalue weighted by Gasteiger charge is 2.14. The number of aliphatic hydroxyl groups is 1. The van der Waals surface area contributed by atoms with Gasteiger partial charge in [-0.15, -0.1) is 0 Å². The molecule has 2 N–H and O–H groups in total. The van der Waals surface area contributed by atoms with E-state index in [9.17, 15) is 9.90 Å². The van der Waals surface area contributed by atoms with Gasteiger partial charge in [0, 0.05) is 12.1 Å². The van der Waals surface area contributed by atoms with Gasteiger partial charge in [0.2, 0.25) is 0 Å². The monoisotopic (exact) mass is 263 g/mol. The number of aliphatic hydroxyl groups excluding tert-OH is 1. The molecule has 0 saturated heterocycles. The van der Waals surface area contributed by atoms with Gasteiger partial charge in [-0.25, -0.2) is 0 Å². The molecule has 2 aromatic rings. The van der Waals surface area contributed by atoms with Crippen molar-refractivity contribution in [2.75, 3.05) is 6.54 Å². The molecule has 0 bridgehead atoms. The van der Waals surface area contributed by atoms with Gasteiger partial charge in [-0.2, -0.15) is 0 Å². The fourth-order valence-electron chi connectivity index (χ4n) is 1.91. The van der Waals surface area contributed by atoms with Crippen LogP contribution in [0.4, 0.5) is 0 Å². The van der Waals surface area contributed by atoms with Crippen LogP contribution in [-0.4, -0.2) is 17.6 Å². The zero-order valence-corrected chi connectivity index (χ0v) is 11.0. The summed E-state index contributed by atoms with van der Waals surface area (Å²) in [4.78, 5) is 11.9. The quantitative estimate of drug-likeness (QED) is 0.868. The van der Waals surface area contributed by atoms with Crippen molar-refractivity contribution >= 4 is 5.91 Å². The molecule has 2 aromatic heterocycles. The molecule has 102 valence electrons. The normalized spacial score (nSPS) is 12.4. The number of hydrogen-bond acceptors (Lipinski definition) is 4. The molecule has 1 amide bonds. The van der Waals surface area contributed by atoms with E-state index in [-0.39, 0.29) is 5.91 Å². The second-order valence-corrected chi connectivity index (χ2v) is 4.44. The molecule has 0 radical (unpaired) electrons. The largest absolute Gasteiger partial charge is 0.472 e. The van der Waals surface area contributed by atoms with Crippen molar-refractivity contribution in [1.29, 1.82) is 0 Å². The van der Waals surface area contributed by atoms with Crippen LogP contribution in [0.3, 0.4) is 0 Å². The third-order valence-electron chi connectivity index (χ3n) is 2.92. The lowest BCUT2D eigenvalue weighted by Crippen LogP contribution is -2.25. The Morgan fingerprint density at radius 1 is 1.47 bits per heavy atom. The summed E-state index contributed by atoms with van der Waals surface area (Å²) in [6.45, 7) is 3.93. The molecule has 0 aliphatic carbocycles. The number of rotatable bonds is 5. The maximum absolute atomic E-state index is 11.9. The maximum atomic E-state index is 11.9. The summed E-state index contributed by atoms with van der Waals surface area (Å²) < 4.78 is 10.2. The van der Waals surface area contributed by atoms with Crippen LogP contribution in [0.5, 0.6) is 0 Å². The predicted octanol–water partition coefficient (Wildman–Crippen LogP) is 2.34. The summed E-state index contributed by atoms with van der Waals surface area (Å²) in [7, 11) is 0. The molecule has 0 saturated carbocycles. The van der Waals surface area contributed by atoms with E-state index in [1.165, 1.54) is 12.5 Å². The standard InChI is InChI=1S/C14H17NO4/c1-9-7-12(10(2)19-9)14(17)15-5-3-13(16)11-4-6-18-8-11/h4,6-8,13,16H,3,5H2,1-2H3,(H,15,17). The first-order chi connectivity index (χ1) is 9.08. The second kappa shape index (κ2) is 5.75. The van der Waals surface area contributed by atoms with Crippen LogP contribution in [0, 0.1) is 13.8 Å². The van der Waals surface area contributed by atoms with Crippen molar-refractivity contribution in [2.45, 2.75) is 26.4 Å². The van der Waals surface area contributed by atoms with Crippen molar-refractivity contribution in [3.05, 3.63) is 47.3 Å². The van der Waals surface area contributed by atoms with E-state index in [2.05, 4.69) is 5.32 Å². The van der Waals surface area contributed by atoms with Gasteiger partial charge in [0.15, 0.2) is 0 Å². The number of carbonyl (C=O) groups is 1. The minimum atomic E-state index is -0.633. The molecular formula is C14H17NO4. The number of carbonyl (C=O) groups excluding carboxylic acids is 1. The van der Waals surface area contributed by atoms with Crippen LogP contribution < -0.4 is 5.32 Å². The van der Waals surface area contributed by atoms with E-state index in [0.717, 1.165) is 0 Å². The highest BCUT2D eigenvalue weighted by Crippen LogP contribution is 2.16. The summed E-state index contributed by atoms with van der Waals surface area (Å²) in [6, 6.07) is 3.41. The summed E-state index contributed by atoms with van der Waals surface area (Å²) in [5, 5.41) is 12.6. The predicted molar refractivity (Wildman–Crippen MR) is 68.8 cm³/mol. The van der Waals surface area contributed by atoms with Gasteiger partial charge in [-0.05, 0) is 32.4 Å². The van der Waals surface area contributed by atoms with Crippen LogP contribution in [0.1, 0.15) is 40.0 Å². The number of hydrogen-bond donors (Lipinski definition) is 2. The molecule has 0 fully saturated rings. The fourth-order valence-corrected chi connectivity index (χ4v) is 1.91. The van der Waals surface area contributed by atoms with Crippen LogP contribution in [-0.2, 0) is 0 Å². The van der Waals surface area contributed by atoms with Gasteiger partial charge in [0.1, 0.15) is 11.5 Å². The molecule has 0 aliphatic rings. The zero-order valence-electron chi connectivity index (χ0n) is 11.0. The van der Waals surface area contributed by atoms with E-state index in [1.807, 2.05) is 0 Å². The maximum Gasteiger partial charge on any atom is 0.254 e. The first-order valence-electron chi connectivity index (χ1n) is 6.13. The highest BCUT2D eigenvalue weighted by molar-refractivity contribution is 5.95.